The van der Waals surface area contributed by atoms with Crippen molar-refractivity contribution in [1.29, 1.82) is 0 Å². The highest BCUT2D eigenvalue weighted by Crippen LogP contribution is 2.29. The number of benzene rings is 2. The first-order chi connectivity index (χ1) is 15.4. The molecule has 0 aliphatic carbocycles. The fourth-order valence-corrected chi connectivity index (χ4v) is 4.90. The molecule has 1 aliphatic rings. The van der Waals surface area contributed by atoms with Crippen LogP contribution in [-0.4, -0.2) is 37.7 Å². The van der Waals surface area contributed by atoms with Gasteiger partial charge in [0.1, 0.15) is 18.2 Å². The molecule has 0 saturated carbocycles. The van der Waals surface area contributed by atoms with E-state index in [0.29, 0.717) is 12.2 Å². The third kappa shape index (κ3) is 5.53. The van der Waals surface area contributed by atoms with Gasteiger partial charge in [-0.3, -0.25) is 0 Å². The van der Waals surface area contributed by atoms with Gasteiger partial charge in [0.15, 0.2) is 5.03 Å². The number of fused-ring (bicyclic) bond motifs is 1. The van der Waals surface area contributed by atoms with Crippen molar-refractivity contribution >= 4 is 10.0 Å². The lowest BCUT2D eigenvalue weighted by Crippen LogP contribution is -2.28. The maximum Gasteiger partial charge on any atom is 0.259 e. The Kier molecular flexibility index (Phi) is 6.88. The van der Waals surface area contributed by atoms with Crippen molar-refractivity contribution in [2.24, 2.45) is 7.05 Å². The van der Waals surface area contributed by atoms with Crippen molar-refractivity contribution < 1.29 is 17.5 Å². The summed E-state index contributed by atoms with van der Waals surface area (Å²) in [6.45, 7) is 1.20. The van der Waals surface area contributed by atoms with Gasteiger partial charge in [0.2, 0.25) is 0 Å². The molecule has 9 heteroatoms. The minimum absolute atomic E-state index is 0.0173. The number of nitrogens with zero attached hydrogens (tertiary/aromatic N) is 2. The van der Waals surface area contributed by atoms with Crippen molar-refractivity contribution in [2.45, 2.75) is 30.3 Å². The second-order valence-corrected chi connectivity index (χ2v) is 9.64. The van der Waals surface area contributed by atoms with Gasteiger partial charge < -0.3 is 14.6 Å². The average Bonchev–Trinajstić information content (AvgIpc) is 3.12. The van der Waals surface area contributed by atoms with Crippen LogP contribution in [0.1, 0.15) is 29.2 Å². The lowest BCUT2D eigenvalue weighted by Gasteiger charge is -2.20. The van der Waals surface area contributed by atoms with Crippen LogP contribution in [0.25, 0.3) is 0 Å². The summed E-state index contributed by atoms with van der Waals surface area (Å²) in [5.41, 5.74) is 3.32. The molecule has 0 amide bonds. The number of nitrogens with one attached hydrogen (secondary N) is 2. The summed E-state index contributed by atoms with van der Waals surface area (Å²) in [6, 6.07) is 12.7. The minimum atomic E-state index is -3.66. The van der Waals surface area contributed by atoms with Crippen LogP contribution in [0.3, 0.4) is 0 Å². The largest absolute Gasteiger partial charge is 0.492 e. The summed E-state index contributed by atoms with van der Waals surface area (Å²) in [7, 11) is -1.95. The quantitative estimate of drug-likeness (QED) is 0.507. The molecule has 1 unspecified atom stereocenters. The first-order valence-corrected chi connectivity index (χ1v) is 12.1. The van der Waals surface area contributed by atoms with E-state index in [4.69, 9.17) is 4.74 Å². The van der Waals surface area contributed by atoms with Gasteiger partial charge in [-0.25, -0.2) is 22.5 Å². The van der Waals surface area contributed by atoms with E-state index in [-0.39, 0.29) is 30.0 Å². The first-order valence-electron chi connectivity index (χ1n) is 10.6. The Balaban J connectivity index is 1.41. The van der Waals surface area contributed by atoms with Crippen molar-refractivity contribution in [2.75, 3.05) is 19.7 Å². The summed E-state index contributed by atoms with van der Waals surface area (Å²) >= 11 is 0. The molecule has 1 atom stereocenters. The highest BCUT2D eigenvalue weighted by molar-refractivity contribution is 7.89. The Bertz CT molecular complexity index is 1180. The zero-order valence-corrected chi connectivity index (χ0v) is 18.7. The summed E-state index contributed by atoms with van der Waals surface area (Å²) in [6.07, 6.45) is 5.56. The van der Waals surface area contributed by atoms with Gasteiger partial charge in [0.25, 0.3) is 10.0 Å². The predicted octanol–water partition coefficient (Wildman–Crippen LogP) is 2.74. The predicted molar refractivity (Wildman–Crippen MR) is 120 cm³/mol. The zero-order valence-electron chi connectivity index (χ0n) is 17.9. The fourth-order valence-electron chi connectivity index (χ4n) is 3.91. The van der Waals surface area contributed by atoms with Gasteiger partial charge in [0, 0.05) is 25.8 Å². The van der Waals surface area contributed by atoms with Gasteiger partial charge in [-0.15, -0.1) is 0 Å². The normalized spacial score (nSPS) is 16.4. The van der Waals surface area contributed by atoms with Gasteiger partial charge in [-0.1, -0.05) is 18.2 Å². The third-order valence-corrected chi connectivity index (χ3v) is 6.80. The van der Waals surface area contributed by atoms with Crippen LogP contribution in [0.5, 0.6) is 5.75 Å². The Hall–Kier alpha value is -2.75. The van der Waals surface area contributed by atoms with Crippen LogP contribution in [-0.2, 0) is 29.9 Å². The van der Waals surface area contributed by atoms with E-state index in [0.717, 1.165) is 30.5 Å². The van der Waals surface area contributed by atoms with E-state index in [9.17, 15) is 12.8 Å². The van der Waals surface area contributed by atoms with Crippen molar-refractivity contribution in [1.82, 2.24) is 19.6 Å². The van der Waals surface area contributed by atoms with Crippen LogP contribution in [0.4, 0.5) is 4.39 Å². The number of hydrogen-bond acceptors (Lipinski definition) is 5. The SMILES string of the molecule is Cn1cnc(S(=O)(=O)NCCOc2ccc3c(c2)C(Cc2cccc(F)c2)NCCC3)c1. The van der Waals surface area contributed by atoms with Crippen molar-refractivity contribution in [3.63, 3.8) is 0 Å². The molecule has 0 bridgehead atoms. The molecule has 4 rings (SSSR count). The average molecular weight is 459 g/mol. The molecular weight excluding hydrogens is 431 g/mol. The Labute approximate surface area is 187 Å². The van der Waals surface area contributed by atoms with Crippen LogP contribution >= 0.6 is 0 Å². The lowest BCUT2D eigenvalue weighted by molar-refractivity contribution is 0.322. The summed E-state index contributed by atoms with van der Waals surface area (Å²) < 4.78 is 48.0. The lowest BCUT2D eigenvalue weighted by atomic mass is 9.94. The number of aromatic nitrogens is 2. The molecule has 3 aromatic rings. The van der Waals surface area contributed by atoms with Crippen molar-refractivity contribution in [3.8, 4) is 5.75 Å². The van der Waals surface area contributed by atoms with Gasteiger partial charge in [-0.05, 0) is 66.8 Å². The molecule has 2 heterocycles. The topological polar surface area (TPSA) is 85.2 Å². The maximum absolute atomic E-state index is 13.6. The summed E-state index contributed by atoms with van der Waals surface area (Å²) in [4.78, 5) is 3.87. The molecule has 2 N–H and O–H groups in total. The van der Waals surface area contributed by atoms with Crippen molar-refractivity contribution in [3.05, 3.63) is 77.5 Å². The molecule has 7 nitrogen and oxygen atoms in total. The fraction of sp³-hybridized carbons (Fsp3) is 0.348. The molecule has 0 saturated heterocycles. The highest BCUT2D eigenvalue weighted by atomic mass is 32.2. The maximum atomic E-state index is 13.6. The third-order valence-electron chi connectivity index (χ3n) is 5.45. The molecular formula is C23H27FN4O3S. The second-order valence-electron chi connectivity index (χ2n) is 7.93. The van der Waals surface area contributed by atoms with Crippen LogP contribution in [0, 0.1) is 5.82 Å². The number of imidazole rings is 1. The molecule has 170 valence electrons. The number of sulfonamides is 1. The molecule has 32 heavy (non-hydrogen) atoms. The minimum Gasteiger partial charge on any atom is -0.492 e. The van der Waals surface area contributed by atoms with Crippen LogP contribution in [0.15, 0.2) is 60.0 Å². The molecule has 0 fully saturated rings. The molecule has 1 aliphatic heterocycles. The van der Waals surface area contributed by atoms with Gasteiger partial charge >= 0.3 is 0 Å². The molecule has 2 aromatic carbocycles. The standard InChI is InChI=1S/C23H27FN4O3S/c1-28-15-23(26-16-28)32(29,30)27-10-11-31-20-8-7-18-5-3-9-25-22(21(18)14-20)13-17-4-2-6-19(24)12-17/h2,4,6-8,12,14-16,22,25,27H,3,5,9-11,13H2,1H3. The number of rotatable bonds is 8. The Morgan fingerprint density at radius 3 is 2.94 bits per heavy atom. The highest BCUT2D eigenvalue weighted by Gasteiger charge is 2.20. The molecule has 1 aromatic heterocycles. The Morgan fingerprint density at radius 2 is 2.16 bits per heavy atom. The monoisotopic (exact) mass is 458 g/mol. The van der Waals surface area contributed by atoms with Gasteiger partial charge in [0.05, 0.1) is 6.33 Å². The molecule has 0 spiro atoms. The van der Waals surface area contributed by atoms with E-state index in [1.807, 2.05) is 18.2 Å². The summed E-state index contributed by atoms with van der Waals surface area (Å²) in [5, 5.41) is 3.54. The van der Waals surface area contributed by atoms with Gasteiger partial charge in [-0.2, -0.15) is 0 Å². The van der Waals surface area contributed by atoms with E-state index in [1.54, 1.807) is 23.7 Å². The van der Waals surface area contributed by atoms with Crippen LogP contribution < -0.4 is 14.8 Å². The van der Waals surface area contributed by atoms with E-state index >= 15 is 0 Å². The first kappa shape index (κ1) is 22.4. The van der Waals surface area contributed by atoms with E-state index < -0.39 is 10.0 Å². The smallest absolute Gasteiger partial charge is 0.259 e. The zero-order chi connectivity index (χ0) is 22.6. The number of ether oxygens (including phenoxy) is 1. The number of halogens is 1. The van der Waals surface area contributed by atoms with E-state index in [1.165, 1.54) is 24.2 Å². The molecule has 0 radical (unpaired) electrons. The Morgan fingerprint density at radius 1 is 1.28 bits per heavy atom. The van der Waals surface area contributed by atoms with Crippen LogP contribution in [0.2, 0.25) is 0 Å². The number of hydrogen-bond donors (Lipinski definition) is 2. The second kappa shape index (κ2) is 9.81. The number of aryl methyl sites for hydroxylation is 2. The summed E-state index contributed by atoms with van der Waals surface area (Å²) in [5.74, 6) is 0.440. The van der Waals surface area contributed by atoms with E-state index in [2.05, 4.69) is 21.1 Å².